The number of amides is 1. The van der Waals surface area contributed by atoms with Crippen molar-refractivity contribution < 1.29 is 14.1 Å². The Hall–Kier alpha value is -2.37. The van der Waals surface area contributed by atoms with Crippen molar-refractivity contribution in [2.24, 2.45) is 0 Å². The normalized spacial score (nSPS) is 18.6. The van der Waals surface area contributed by atoms with Crippen molar-refractivity contribution in [3.63, 3.8) is 0 Å². The molecule has 2 heterocycles. The van der Waals surface area contributed by atoms with Crippen LogP contribution < -0.4 is 4.74 Å². The summed E-state index contributed by atoms with van der Waals surface area (Å²) in [5.41, 5.74) is 1.08. The van der Waals surface area contributed by atoms with Crippen LogP contribution in [0.4, 0.5) is 0 Å². The van der Waals surface area contributed by atoms with Crippen LogP contribution in [0.15, 0.2) is 35.2 Å². The number of benzene rings is 1. The molecule has 1 unspecified atom stereocenters. The van der Waals surface area contributed by atoms with Gasteiger partial charge in [0, 0.05) is 25.4 Å². The molecule has 2 aromatic rings. The average molecular weight is 273 g/mol. The lowest BCUT2D eigenvalue weighted by Gasteiger charge is -2.16. The Balaban J connectivity index is 1.67. The van der Waals surface area contributed by atoms with Crippen LogP contribution in [0.2, 0.25) is 0 Å². The highest BCUT2D eigenvalue weighted by molar-refractivity contribution is 5.79. The van der Waals surface area contributed by atoms with E-state index in [1.165, 1.54) is 6.39 Å². The molecule has 104 valence electrons. The molecule has 1 aromatic carbocycles. The maximum Gasteiger partial charge on any atom is 0.223 e. The maximum absolute atomic E-state index is 12.0. The fourth-order valence-corrected chi connectivity index (χ4v) is 2.41. The van der Waals surface area contributed by atoms with Crippen molar-refractivity contribution in [3.05, 3.63) is 42.0 Å². The van der Waals surface area contributed by atoms with E-state index < -0.39 is 0 Å². The number of ether oxygens (including phenoxy) is 1. The van der Waals surface area contributed by atoms with Gasteiger partial charge >= 0.3 is 0 Å². The minimum atomic E-state index is 0.0273. The van der Waals surface area contributed by atoms with Crippen molar-refractivity contribution in [3.8, 4) is 5.75 Å². The van der Waals surface area contributed by atoms with Gasteiger partial charge in [0.1, 0.15) is 5.75 Å². The van der Waals surface area contributed by atoms with Gasteiger partial charge in [0.25, 0.3) is 0 Å². The third-order valence-corrected chi connectivity index (χ3v) is 3.49. The lowest BCUT2D eigenvalue weighted by Crippen LogP contribution is -2.24. The lowest BCUT2D eigenvalue weighted by atomic mass is 10.1. The summed E-state index contributed by atoms with van der Waals surface area (Å²) in [6.07, 6.45) is 1.74. The van der Waals surface area contributed by atoms with Crippen LogP contribution in [-0.2, 0) is 11.3 Å². The third-order valence-electron chi connectivity index (χ3n) is 3.49. The molecule has 0 aliphatic carbocycles. The smallest absolute Gasteiger partial charge is 0.223 e. The zero-order valence-corrected chi connectivity index (χ0v) is 11.2. The Morgan fingerprint density at radius 1 is 1.40 bits per heavy atom. The second-order valence-electron chi connectivity index (χ2n) is 4.81. The Kier molecular flexibility index (Phi) is 3.37. The topological polar surface area (TPSA) is 68.5 Å². The van der Waals surface area contributed by atoms with E-state index in [2.05, 4.69) is 10.1 Å². The first kappa shape index (κ1) is 12.7. The van der Waals surface area contributed by atoms with E-state index in [0.717, 1.165) is 11.3 Å². The van der Waals surface area contributed by atoms with Crippen molar-refractivity contribution in [2.45, 2.75) is 18.9 Å². The van der Waals surface area contributed by atoms with Gasteiger partial charge in [-0.2, -0.15) is 4.98 Å². The van der Waals surface area contributed by atoms with Gasteiger partial charge in [-0.3, -0.25) is 4.79 Å². The first-order chi connectivity index (χ1) is 9.76. The Morgan fingerprint density at radius 2 is 2.20 bits per heavy atom. The zero-order valence-electron chi connectivity index (χ0n) is 11.2. The fraction of sp³-hybridized carbons (Fsp3) is 0.357. The predicted molar refractivity (Wildman–Crippen MR) is 70.1 cm³/mol. The maximum atomic E-state index is 12.0. The highest BCUT2D eigenvalue weighted by Crippen LogP contribution is 2.27. The van der Waals surface area contributed by atoms with Crippen LogP contribution in [0, 0.1) is 0 Å². The molecule has 1 atom stereocenters. The third kappa shape index (κ3) is 2.49. The van der Waals surface area contributed by atoms with Crippen LogP contribution >= 0.6 is 0 Å². The molecule has 6 heteroatoms. The summed E-state index contributed by atoms with van der Waals surface area (Å²) >= 11 is 0. The Labute approximate surface area is 116 Å². The van der Waals surface area contributed by atoms with E-state index in [1.54, 1.807) is 7.11 Å². The second-order valence-corrected chi connectivity index (χ2v) is 4.81. The molecule has 1 saturated heterocycles. The number of carbonyl (C=O) groups excluding carboxylic acids is 1. The average Bonchev–Trinajstić information content (AvgIpc) is 3.10. The minimum Gasteiger partial charge on any atom is -0.497 e. The van der Waals surface area contributed by atoms with Crippen molar-refractivity contribution in [2.75, 3.05) is 13.7 Å². The molecule has 0 N–H and O–H groups in total. The first-order valence-corrected chi connectivity index (χ1v) is 6.43. The number of hydrogen-bond acceptors (Lipinski definition) is 5. The summed E-state index contributed by atoms with van der Waals surface area (Å²) in [6, 6.07) is 7.72. The highest BCUT2D eigenvalue weighted by Gasteiger charge is 2.32. The summed E-state index contributed by atoms with van der Waals surface area (Å²) in [5, 5.41) is 3.82. The van der Waals surface area contributed by atoms with Gasteiger partial charge in [-0.05, 0) is 17.7 Å². The number of rotatable bonds is 4. The van der Waals surface area contributed by atoms with Crippen molar-refractivity contribution in [1.29, 1.82) is 0 Å². The molecule has 0 radical (unpaired) electrons. The molecule has 0 saturated carbocycles. The number of aromatic nitrogens is 2. The van der Waals surface area contributed by atoms with E-state index in [0.29, 0.717) is 25.3 Å². The summed E-state index contributed by atoms with van der Waals surface area (Å²) in [5.74, 6) is 1.57. The first-order valence-electron chi connectivity index (χ1n) is 6.43. The summed E-state index contributed by atoms with van der Waals surface area (Å²) < 4.78 is 9.86. The number of nitrogens with zero attached hydrogens (tertiary/aromatic N) is 3. The summed E-state index contributed by atoms with van der Waals surface area (Å²) in [4.78, 5) is 17.9. The molecule has 1 aliphatic heterocycles. The fourth-order valence-electron chi connectivity index (χ4n) is 2.41. The molecule has 1 aromatic heterocycles. The minimum absolute atomic E-state index is 0.0273. The largest absolute Gasteiger partial charge is 0.497 e. The highest BCUT2D eigenvalue weighted by atomic mass is 16.5. The van der Waals surface area contributed by atoms with Crippen LogP contribution in [0.25, 0.3) is 0 Å². The number of likely N-dealkylation sites (tertiary alicyclic amines) is 1. The Bertz CT molecular complexity index is 580. The van der Waals surface area contributed by atoms with Gasteiger partial charge in [0.05, 0.1) is 7.11 Å². The number of carbonyl (C=O) groups is 1. The zero-order chi connectivity index (χ0) is 13.9. The molecule has 20 heavy (non-hydrogen) atoms. The molecule has 1 aliphatic rings. The molecule has 3 rings (SSSR count). The quantitative estimate of drug-likeness (QED) is 0.846. The molecular weight excluding hydrogens is 258 g/mol. The van der Waals surface area contributed by atoms with Gasteiger partial charge in [-0.15, -0.1) is 0 Å². The van der Waals surface area contributed by atoms with Crippen LogP contribution in [0.1, 0.15) is 23.7 Å². The lowest BCUT2D eigenvalue weighted by molar-refractivity contribution is -0.128. The molecule has 1 fully saturated rings. The van der Waals surface area contributed by atoms with Crippen molar-refractivity contribution in [1.82, 2.24) is 15.0 Å². The molecule has 0 spiro atoms. The standard InChI is InChI=1S/C14H15N3O3/c1-19-12-4-2-10(3-5-12)7-17-8-11(6-13(17)18)14-15-9-20-16-14/h2-5,9,11H,6-8H2,1H3. The number of methoxy groups -OCH3 is 1. The number of hydrogen-bond donors (Lipinski definition) is 0. The van der Waals surface area contributed by atoms with E-state index in [9.17, 15) is 4.79 Å². The summed E-state index contributed by atoms with van der Waals surface area (Å²) in [7, 11) is 1.63. The van der Waals surface area contributed by atoms with Crippen LogP contribution in [0.3, 0.4) is 0 Å². The molecule has 1 amide bonds. The Morgan fingerprint density at radius 3 is 2.85 bits per heavy atom. The van der Waals surface area contributed by atoms with Gasteiger partial charge in [-0.25, -0.2) is 0 Å². The van der Waals surface area contributed by atoms with Crippen molar-refractivity contribution >= 4 is 5.91 Å². The van der Waals surface area contributed by atoms with E-state index >= 15 is 0 Å². The van der Waals surface area contributed by atoms with E-state index in [1.807, 2.05) is 29.2 Å². The van der Waals surface area contributed by atoms with Gasteiger partial charge in [0.2, 0.25) is 12.3 Å². The molecule has 0 bridgehead atoms. The van der Waals surface area contributed by atoms with E-state index in [4.69, 9.17) is 9.26 Å². The van der Waals surface area contributed by atoms with Gasteiger partial charge in [-0.1, -0.05) is 17.3 Å². The SMILES string of the molecule is COc1ccc(CN2CC(c3ncon3)CC2=O)cc1. The van der Waals surface area contributed by atoms with E-state index in [-0.39, 0.29) is 11.8 Å². The monoisotopic (exact) mass is 273 g/mol. The van der Waals surface area contributed by atoms with Gasteiger partial charge in [0.15, 0.2) is 5.82 Å². The summed E-state index contributed by atoms with van der Waals surface area (Å²) in [6.45, 7) is 1.22. The molecule has 6 nitrogen and oxygen atoms in total. The molecular formula is C14H15N3O3. The van der Waals surface area contributed by atoms with Gasteiger partial charge < -0.3 is 14.2 Å². The van der Waals surface area contributed by atoms with Crippen LogP contribution in [0.5, 0.6) is 5.75 Å². The predicted octanol–water partition coefficient (Wildman–Crippen LogP) is 1.59. The second kappa shape index (κ2) is 5.32. The van der Waals surface area contributed by atoms with Crippen LogP contribution in [-0.4, -0.2) is 34.6 Å².